The second kappa shape index (κ2) is 18.2. The van der Waals surface area contributed by atoms with E-state index in [1.165, 1.54) is 31.2 Å². The molecule has 0 spiro atoms. The summed E-state index contributed by atoms with van der Waals surface area (Å²) in [6.07, 6.45) is 12.9. The van der Waals surface area contributed by atoms with E-state index >= 15 is 0 Å². The third-order valence-electron chi connectivity index (χ3n) is 7.22. The zero-order valence-corrected chi connectivity index (χ0v) is 25.3. The topological polar surface area (TPSA) is 71.1 Å². The van der Waals surface area contributed by atoms with Crippen LogP contribution in [0.1, 0.15) is 97.0 Å². The van der Waals surface area contributed by atoms with Crippen molar-refractivity contribution in [3.63, 3.8) is 0 Å². The van der Waals surface area contributed by atoms with Gasteiger partial charge in [0.25, 0.3) is 0 Å². The van der Waals surface area contributed by atoms with Crippen LogP contribution in [0.15, 0.2) is 42.5 Å². The van der Waals surface area contributed by atoms with Crippen LogP contribution >= 0.6 is 0 Å². The van der Waals surface area contributed by atoms with Crippen molar-refractivity contribution in [2.75, 3.05) is 26.4 Å². The lowest BCUT2D eigenvalue weighted by Gasteiger charge is -2.18. The smallest absolute Gasteiger partial charge is 0.344 e. The van der Waals surface area contributed by atoms with Crippen molar-refractivity contribution in [2.45, 2.75) is 97.8 Å². The highest BCUT2D eigenvalue weighted by molar-refractivity contribution is 6.11. The summed E-state index contributed by atoms with van der Waals surface area (Å²) in [4.78, 5) is 25.0. The van der Waals surface area contributed by atoms with Crippen LogP contribution in [-0.2, 0) is 25.5 Å². The second-order valence-corrected chi connectivity index (χ2v) is 10.7. The number of carbonyl (C=O) groups excluding carboxylic acids is 2. The maximum absolute atomic E-state index is 12.5. The van der Waals surface area contributed by atoms with Gasteiger partial charge in [0.2, 0.25) is 0 Å². The molecule has 0 radical (unpaired) electrons. The van der Waals surface area contributed by atoms with Gasteiger partial charge in [-0.15, -0.1) is 0 Å². The summed E-state index contributed by atoms with van der Waals surface area (Å²) in [5, 5.41) is 3.31. The van der Waals surface area contributed by atoms with E-state index in [0.29, 0.717) is 24.7 Å². The highest BCUT2D eigenvalue weighted by atomic mass is 16.6. The molecule has 0 aliphatic carbocycles. The van der Waals surface area contributed by atoms with Crippen molar-refractivity contribution in [3.05, 3.63) is 48.0 Å². The van der Waals surface area contributed by atoms with E-state index in [9.17, 15) is 9.59 Å². The molecular formula is C35H48O6. The summed E-state index contributed by atoms with van der Waals surface area (Å²) in [5.74, 6) is 0.481. The largest absolute Gasteiger partial charge is 0.481 e. The Morgan fingerprint density at radius 2 is 1.05 bits per heavy atom. The van der Waals surface area contributed by atoms with Crippen LogP contribution in [0.25, 0.3) is 21.5 Å². The molecule has 6 nitrogen and oxygen atoms in total. The Morgan fingerprint density at radius 3 is 1.56 bits per heavy atom. The molecule has 0 aromatic heterocycles. The van der Waals surface area contributed by atoms with E-state index in [0.717, 1.165) is 72.9 Å². The van der Waals surface area contributed by atoms with Gasteiger partial charge in [0.05, 0.1) is 13.2 Å². The predicted octanol–water partition coefficient (Wildman–Crippen LogP) is 8.73. The van der Waals surface area contributed by atoms with Crippen LogP contribution in [0, 0.1) is 0 Å². The summed E-state index contributed by atoms with van der Waals surface area (Å²) < 4.78 is 23.2. The summed E-state index contributed by atoms with van der Waals surface area (Å²) in [7, 11) is 0. The lowest BCUT2D eigenvalue weighted by Crippen LogP contribution is -2.17. The minimum absolute atomic E-state index is 0.170. The quantitative estimate of drug-likeness (QED) is 0.0776. The Hall–Kier alpha value is -3.28. The zero-order chi connectivity index (χ0) is 29.3. The molecule has 0 bridgehead atoms. The second-order valence-electron chi connectivity index (χ2n) is 10.7. The number of hydrogen-bond donors (Lipinski definition) is 0. The first-order valence-electron chi connectivity index (χ1n) is 15.6. The van der Waals surface area contributed by atoms with Crippen LogP contribution in [0.4, 0.5) is 0 Å². The van der Waals surface area contributed by atoms with Gasteiger partial charge < -0.3 is 18.9 Å². The molecule has 0 atom stereocenters. The molecule has 3 rings (SSSR count). The molecule has 0 heterocycles. The third-order valence-corrected chi connectivity index (χ3v) is 7.22. The van der Waals surface area contributed by atoms with E-state index in [-0.39, 0.29) is 25.2 Å². The Morgan fingerprint density at radius 1 is 0.561 bits per heavy atom. The van der Waals surface area contributed by atoms with Crippen molar-refractivity contribution in [1.82, 2.24) is 0 Å². The van der Waals surface area contributed by atoms with Crippen molar-refractivity contribution in [3.8, 4) is 11.5 Å². The number of unbranched alkanes of at least 4 members (excludes halogenated alkanes) is 8. The van der Waals surface area contributed by atoms with Gasteiger partial charge in [-0.1, -0.05) is 115 Å². The van der Waals surface area contributed by atoms with Crippen molar-refractivity contribution in [2.24, 2.45) is 0 Å². The lowest BCUT2D eigenvalue weighted by molar-refractivity contribution is -0.147. The number of benzene rings is 3. The third kappa shape index (κ3) is 10.2. The number of rotatable bonds is 20. The molecule has 0 N–H and O–H groups in total. The minimum Gasteiger partial charge on any atom is -0.481 e. The Balaban J connectivity index is 1.77. The lowest BCUT2D eigenvalue weighted by atomic mass is 9.97. The Bertz CT molecular complexity index is 1230. The number of fused-ring (bicyclic) bond motifs is 2. The zero-order valence-electron chi connectivity index (χ0n) is 25.3. The first-order valence-corrected chi connectivity index (χ1v) is 15.6. The molecule has 0 aliphatic rings. The highest BCUT2D eigenvalue weighted by Gasteiger charge is 2.19. The molecule has 0 fully saturated rings. The molecule has 0 saturated heterocycles. The monoisotopic (exact) mass is 564 g/mol. The summed E-state index contributed by atoms with van der Waals surface area (Å²) in [6.45, 7) is 6.99. The predicted molar refractivity (Wildman–Crippen MR) is 166 cm³/mol. The average Bonchev–Trinajstić information content (AvgIpc) is 2.98. The average molecular weight is 565 g/mol. The van der Waals surface area contributed by atoms with Crippen molar-refractivity contribution in [1.29, 1.82) is 0 Å². The fourth-order valence-electron chi connectivity index (χ4n) is 5.03. The number of esters is 2. The molecule has 224 valence electrons. The van der Waals surface area contributed by atoms with Gasteiger partial charge in [0.1, 0.15) is 11.5 Å². The number of aryl methyl sites for hydroxylation is 1. The van der Waals surface area contributed by atoms with Gasteiger partial charge in [-0.05, 0) is 30.9 Å². The van der Waals surface area contributed by atoms with E-state index in [4.69, 9.17) is 18.9 Å². The number of carbonyl (C=O) groups is 2. The van der Waals surface area contributed by atoms with Gasteiger partial charge in [-0.3, -0.25) is 0 Å². The SMILES string of the molecule is CCCCCCCOC(=O)COc1c2ccccc2c(OCC(=O)OCCCCCCC)c2cc(CCC)ccc12. The Kier molecular flexibility index (Phi) is 14.3. The molecular weight excluding hydrogens is 516 g/mol. The first-order chi connectivity index (χ1) is 20.1. The molecule has 3 aromatic rings. The molecule has 6 heteroatoms. The van der Waals surface area contributed by atoms with Gasteiger partial charge in [-0.25, -0.2) is 9.59 Å². The van der Waals surface area contributed by atoms with Gasteiger partial charge in [0, 0.05) is 21.5 Å². The van der Waals surface area contributed by atoms with E-state index in [1.54, 1.807) is 0 Å². The van der Waals surface area contributed by atoms with E-state index < -0.39 is 0 Å². The maximum Gasteiger partial charge on any atom is 0.344 e. The summed E-state index contributed by atoms with van der Waals surface area (Å²) >= 11 is 0. The van der Waals surface area contributed by atoms with Crippen molar-refractivity contribution >= 4 is 33.5 Å². The van der Waals surface area contributed by atoms with Crippen LogP contribution in [-0.4, -0.2) is 38.4 Å². The standard InChI is InChI=1S/C35H48O6/c1-4-7-9-11-15-22-38-32(36)25-40-34-28-18-13-14-19-29(28)35(31-24-27(17-6-3)20-21-30(31)34)41-26-33(37)39-23-16-12-10-8-5-2/h13-14,18-21,24H,4-12,15-17,22-23,25-26H2,1-3H3. The van der Waals surface area contributed by atoms with Gasteiger partial charge in [0.15, 0.2) is 13.2 Å². The maximum atomic E-state index is 12.5. The molecule has 41 heavy (non-hydrogen) atoms. The van der Waals surface area contributed by atoms with Gasteiger partial charge in [-0.2, -0.15) is 0 Å². The fraction of sp³-hybridized carbons (Fsp3) is 0.543. The molecule has 3 aromatic carbocycles. The van der Waals surface area contributed by atoms with Crippen LogP contribution in [0.3, 0.4) is 0 Å². The molecule has 0 saturated carbocycles. The van der Waals surface area contributed by atoms with Crippen LogP contribution in [0.2, 0.25) is 0 Å². The minimum atomic E-state index is -0.377. The number of hydrogen-bond acceptors (Lipinski definition) is 6. The fourth-order valence-corrected chi connectivity index (χ4v) is 5.03. The van der Waals surface area contributed by atoms with E-state index in [2.05, 4.69) is 32.9 Å². The molecule has 0 unspecified atom stereocenters. The normalized spacial score (nSPS) is 11.1. The first kappa shape index (κ1) is 32.2. The van der Waals surface area contributed by atoms with Gasteiger partial charge >= 0.3 is 11.9 Å². The van der Waals surface area contributed by atoms with Crippen molar-refractivity contribution < 1.29 is 28.5 Å². The van der Waals surface area contributed by atoms with Crippen LogP contribution in [0.5, 0.6) is 11.5 Å². The highest BCUT2D eigenvalue weighted by Crippen LogP contribution is 2.43. The summed E-state index contributed by atoms with van der Waals surface area (Å²) in [5.41, 5.74) is 1.17. The van der Waals surface area contributed by atoms with Crippen LogP contribution < -0.4 is 9.47 Å². The summed E-state index contributed by atoms with van der Waals surface area (Å²) in [6, 6.07) is 14.0. The van der Waals surface area contributed by atoms with E-state index in [1.807, 2.05) is 30.3 Å². The molecule has 0 aliphatic heterocycles. The molecule has 0 amide bonds. The number of ether oxygens (including phenoxy) is 4. The Labute approximate surface area is 245 Å².